The second kappa shape index (κ2) is 4.61. The molecular weight excluding hydrogens is 256 g/mol. The number of hydrogen-bond acceptors (Lipinski definition) is 4. The number of hydrogen-bond donors (Lipinski definition) is 0. The molecule has 0 saturated heterocycles. The zero-order chi connectivity index (χ0) is 14.5. The Balaban J connectivity index is 1.91. The van der Waals surface area contributed by atoms with Gasteiger partial charge in [-0.15, -0.1) is 0 Å². The summed E-state index contributed by atoms with van der Waals surface area (Å²) in [6.45, 7) is 5.28. The first kappa shape index (κ1) is 13.7. The van der Waals surface area contributed by atoms with Crippen LogP contribution in [0.4, 0.5) is 0 Å². The first-order valence-corrected chi connectivity index (χ1v) is 7.41. The number of carbonyl (C=O) groups is 2. The molecule has 4 aliphatic carbocycles. The minimum atomic E-state index is -0.603. The van der Waals surface area contributed by atoms with Crippen LogP contribution >= 0.6 is 0 Å². The Labute approximate surface area is 119 Å². The van der Waals surface area contributed by atoms with Crippen molar-refractivity contribution >= 4 is 11.9 Å². The van der Waals surface area contributed by atoms with Crippen LogP contribution < -0.4 is 0 Å². The number of rotatable bonds is 3. The second-order valence-corrected chi connectivity index (χ2v) is 6.86. The summed E-state index contributed by atoms with van der Waals surface area (Å²) in [5, 5.41) is 0. The van der Waals surface area contributed by atoms with Crippen LogP contribution in [-0.4, -0.2) is 25.2 Å². The van der Waals surface area contributed by atoms with E-state index in [9.17, 15) is 9.59 Å². The average Bonchev–Trinajstić information content (AvgIpc) is 2.40. The van der Waals surface area contributed by atoms with Crippen molar-refractivity contribution in [2.75, 3.05) is 7.11 Å². The van der Waals surface area contributed by atoms with Gasteiger partial charge in [-0.25, -0.2) is 4.79 Å². The highest BCUT2D eigenvalue weighted by atomic mass is 16.6. The minimum absolute atomic E-state index is 0.198. The van der Waals surface area contributed by atoms with E-state index in [1.54, 1.807) is 6.92 Å². The molecule has 0 radical (unpaired) electrons. The third kappa shape index (κ3) is 1.88. The van der Waals surface area contributed by atoms with Crippen molar-refractivity contribution in [3.05, 3.63) is 12.2 Å². The van der Waals surface area contributed by atoms with E-state index in [1.165, 1.54) is 13.5 Å². The van der Waals surface area contributed by atoms with Gasteiger partial charge < -0.3 is 9.47 Å². The molecule has 0 aromatic rings. The van der Waals surface area contributed by atoms with Crippen LogP contribution in [-0.2, 0) is 19.1 Å². The fourth-order valence-electron chi connectivity index (χ4n) is 4.91. The molecule has 0 aromatic carbocycles. The highest BCUT2D eigenvalue weighted by Gasteiger charge is 2.63. The van der Waals surface area contributed by atoms with E-state index in [1.807, 2.05) is 0 Å². The van der Waals surface area contributed by atoms with E-state index in [4.69, 9.17) is 9.47 Å². The predicted molar refractivity (Wildman–Crippen MR) is 72.7 cm³/mol. The Morgan fingerprint density at radius 1 is 1.15 bits per heavy atom. The summed E-state index contributed by atoms with van der Waals surface area (Å²) in [7, 11) is 1.43. The molecule has 110 valence electrons. The maximum Gasteiger partial charge on any atom is 0.333 e. The molecule has 0 N–H and O–H groups in total. The topological polar surface area (TPSA) is 52.6 Å². The Morgan fingerprint density at radius 3 is 2.25 bits per heavy atom. The molecule has 20 heavy (non-hydrogen) atoms. The fourth-order valence-corrected chi connectivity index (χ4v) is 4.91. The highest BCUT2D eigenvalue weighted by Crippen LogP contribution is 2.61. The third-order valence-corrected chi connectivity index (χ3v) is 5.39. The standard InChI is InChI=1S/C16H22O4/c1-9(2)14(17)20-13-12-5-10-4-11(6-12)8-16(13,7-10)15(18)19-3/h10-13H,1,4-8H2,2-3H3. The summed E-state index contributed by atoms with van der Waals surface area (Å²) in [6, 6.07) is 0. The van der Waals surface area contributed by atoms with Crippen molar-refractivity contribution in [1.29, 1.82) is 0 Å². The van der Waals surface area contributed by atoms with Crippen LogP contribution in [0.5, 0.6) is 0 Å². The van der Waals surface area contributed by atoms with E-state index in [-0.39, 0.29) is 18.0 Å². The lowest BCUT2D eigenvalue weighted by atomic mass is 9.48. The third-order valence-electron chi connectivity index (χ3n) is 5.39. The molecule has 4 aliphatic rings. The molecular formula is C16H22O4. The number of esters is 2. The van der Waals surface area contributed by atoms with E-state index in [2.05, 4.69) is 6.58 Å². The van der Waals surface area contributed by atoms with Crippen molar-refractivity contribution < 1.29 is 19.1 Å². The van der Waals surface area contributed by atoms with E-state index >= 15 is 0 Å². The van der Waals surface area contributed by atoms with Crippen molar-refractivity contribution in [2.24, 2.45) is 23.2 Å². The molecule has 4 fully saturated rings. The second-order valence-electron chi connectivity index (χ2n) is 6.86. The molecule has 4 rings (SSSR count). The van der Waals surface area contributed by atoms with Crippen molar-refractivity contribution in [3.8, 4) is 0 Å². The van der Waals surface area contributed by atoms with Gasteiger partial charge in [0, 0.05) is 5.57 Å². The summed E-state index contributed by atoms with van der Waals surface area (Å²) >= 11 is 0. The van der Waals surface area contributed by atoms with Gasteiger partial charge in [-0.05, 0) is 56.8 Å². The van der Waals surface area contributed by atoms with Gasteiger partial charge in [0.1, 0.15) is 11.5 Å². The summed E-state index contributed by atoms with van der Waals surface area (Å²) in [5.74, 6) is 0.906. The molecule has 0 spiro atoms. The van der Waals surface area contributed by atoms with Crippen LogP contribution in [0.3, 0.4) is 0 Å². The number of carbonyl (C=O) groups excluding carboxylic acids is 2. The molecule has 0 amide bonds. The summed E-state index contributed by atoms with van der Waals surface area (Å²) in [4.78, 5) is 24.3. The summed E-state index contributed by atoms with van der Waals surface area (Å²) < 4.78 is 10.7. The van der Waals surface area contributed by atoms with Crippen molar-refractivity contribution in [2.45, 2.75) is 45.1 Å². The normalized spacial score (nSPS) is 41.3. The molecule has 4 saturated carbocycles. The molecule has 0 heterocycles. The molecule has 4 heteroatoms. The molecule has 4 nitrogen and oxygen atoms in total. The zero-order valence-corrected chi connectivity index (χ0v) is 12.2. The Kier molecular flexibility index (Phi) is 3.14. The van der Waals surface area contributed by atoms with Gasteiger partial charge in [0.25, 0.3) is 0 Å². The zero-order valence-electron chi connectivity index (χ0n) is 12.2. The van der Waals surface area contributed by atoms with Gasteiger partial charge in [0.2, 0.25) is 0 Å². The van der Waals surface area contributed by atoms with Gasteiger partial charge in [-0.1, -0.05) is 6.58 Å². The predicted octanol–water partition coefficient (Wildman–Crippen LogP) is 2.47. The van der Waals surface area contributed by atoms with Crippen molar-refractivity contribution in [3.63, 3.8) is 0 Å². The quantitative estimate of drug-likeness (QED) is 0.588. The van der Waals surface area contributed by atoms with Crippen LogP contribution in [0.25, 0.3) is 0 Å². The summed E-state index contributed by atoms with van der Waals surface area (Å²) in [5.41, 5.74) is -0.215. The largest absolute Gasteiger partial charge is 0.468 e. The Bertz CT molecular complexity index is 453. The molecule has 3 atom stereocenters. The molecule has 0 aliphatic heterocycles. The SMILES string of the molecule is C=C(C)C(=O)OC1C2CC3CC(C2)CC1(C(=O)OC)C3. The van der Waals surface area contributed by atoms with E-state index in [0.29, 0.717) is 23.3 Å². The monoisotopic (exact) mass is 278 g/mol. The highest BCUT2D eigenvalue weighted by molar-refractivity contribution is 5.88. The molecule has 4 bridgehead atoms. The first-order valence-electron chi connectivity index (χ1n) is 7.41. The minimum Gasteiger partial charge on any atom is -0.468 e. The van der Waals surface area contributed by atoms with Crippen LogP contribution in [0, 0.1) is 23.2 Å². The Morgan fingerprint density at radius 2 is 1.75 bits per heavy atom. The van der Waals surface area contributed by atoms with Gasteiger partial charge in [0.15, 0.2) is 0 Å². The molecule has 0 aromatic heterocycles. The molecule has 3 unspecified atom stereocenters. The van der Waals surface area contributed by atoms with E-state index < -0.39 is 5.41 Å². The van der Waals surface area contributed by atoms with Gasteiger partial charge >= 0.3 is 11.9 Å². The average molecular weight is 278 g/mol. The number of methoxy groups -OCH3 is 1. The van der Waals surface area contributed by atoms with Gasteiger partial charge in [0.05, 0.1) is 7.11 Å². The van der Waals surface area contributed by atoms with E-state index in [0.717, 1.165) is 25.7 Å². The lowest BCUT2D eigenvalue weighted by Gasteiger charge is -2.58. The lowest BCUT2D eigenvalue weighted by Crippen LogP contribution is -2.60. The lowest BCUT2D eigenvalue weighted by molar-refractivity contribution is -0.206. The van der Waals surface area contributed by atoms with Crippen LogP contribution in [0.15, 0.2) is 12.2 Å². The fraction of sp³-hybridized carbons (Fsp3) is 0.750. The summed E-state index contributed by atoms with van der Waals surface area (Å²) in [6.07, 6.45) is 4.65. The smallest absolute Gasteiger partial charge is 0.333 e. The maximum atomic E-state index is 12.4. The Hall–Kier alpha value is -1.32. The maximum absolute atomic E-state index is 12.4. The van der Waals surface area contributed by atoms with Crippen LogP contribution in [0.1, 0.15) is 39.0 Å². The number of ether oxygens (including phenoxy) is 2. The van der Waals surface area contributed by atoms with Gasteiger partial charge in [-0.3, -0.25) is 4.79 Å². The van der Waals surface area contributed by atoms with Crippen molar-refractivity contribution in [1.82, 2.24) is 0 Å². The van der Waals surface area contributed by atoms with Crippen LogP contribution in [0.2, 0.25) is 0 Å². The first-order chi connectivity index (χ1) is 9.46. The van der Waals surface area contributed by atoms with Gasteiger partial charge in [-0.2, -0.15) is 0 Å².